The summed E-state index contributed by atoms with van der Waals surface area (Å²) in [5, 5.41) is 2.95. The van der Waals surface area contributed by atoms with Crippen LogP contribution in [0.15, 0.2) is 24.3 Å². The fourth-order valence-corrected chi connectivity index (χ4v) is 3.36. The monoisotopic (exact) mass is 359 g/mol. The molecule has 2 aliphatic heterocycles. The molecule has 3 amide bonds. The van der Waals surface area contributed by atoms with Crippen molar-refractivity contribution in [1.82, 2.24) is 9.80 Å². The first-order chi connectivity index (χ1) is 12.3. The average Bonchev–Trinajstić information content (AvgIpc) is 3.15. The molecular weight excluding hydrogens is 330 g/mol. The van der Waals surface area contributed by atoms with Gasteiger partial charge in [-0.2, -0.15) is 0 Å². The summed E-state index contributed by atoms with van der Waals surface area (Å²) in [6.07, 6.45) is 1.48. The normalized spacial score (nSPS) is 21.0. The molecule has 6 heteroatoms. The van der Waals surface area contributed by atoms with Crippen molar-refractivity contribution in [3.8, 4) is 0 Å². The summed E-state index contributed by atoms with van der Waals surface area (Å²) in [5.74, 6) is 0.0697. The van der Waals surface area contributed by atoms with E-state index in [2.05, 4.69) is 26.1 Å². The van der Waals surface area contributed by atoms with E-state index in [0.29, 0.717) is 32.8 Å². The Morgan fingerprint density at radius 2 is 1.65 bits per heavy atom. The molecule has 2 aliphatic rings. The molecule has 0 aliphatic carbocycles. The molecule has 26 heavy (non-hydrogen) atoms. The van der Waals surface area contributed by atoms with Gasteiger partial charge < -0.3 is 19.9 Å². The first-order valence-corrected chi connectivity index (χ1v) is 9.41. The SMILES string of the molecule is CC(C)(C)c1ccc(NC(=O)N2CCN(C(=O)[C@@H]3CCCO3)CC2)cc1. The highest BCUT2D eigenvalue weighted by Crippen LogP contribution is 2.23. The number of piperazine rings is 1. The Kier molecular flexibility index (Phi) is 5.51. The van der Waals surface area contributed by atoms with Crippen LogP contribution in [0, 0.1) is 0 Å². The molecule has 0 aromatic heterocycles. The van der Waals surface area contributed by atoms with Gasteiger partial charge in [0.2, 0.25) is 0 Å². The Morgan fingerprint density at radius 3 is 2.19 bits per heavy atom. The third-order valence-electron chi connectivity index (χ3n) is 5.09. The standard InChI is InChI=1S/C20H29N3O3/c1-20(2,3)15-6-8-16(9-7-15)21-19(25)23-12-10-22(11-13-23)18(24)17-5-4-14-26-17/h6-9,17H,4-5,10-14H2,1-3H3,(H,21,25)/t17-/m0/s1. The number of anilines is 1. The third kappa shape index (κ3) is 4.36. The fraction of sp³-hybridized carbons (Fsp3) is 0.600. The number of ether oxygens (including phenoxy) is 1. The molecule has 2 heterocycles. The Labute approximate surface area is 155 Å². The molecule has 6 nitrogen and oxygen atoms in total. The molecule has 2 fully saturated rings. The third-order valence-corrected chi connectivity index (χ3v) is 5.09. The zero-order valence-electron chi connectivity index (χ0n) is 16.0. The van der Waals surface area contributed by atoms with E-state index >= 15 is 0 Å². The molecule has 1 aromatic rings. The van der Waals surface area contributed by atoms with E-state index in [9.17, 15) is 9.59 Å². The summed E-state index contributed by atoms with van der Waals surface area (Å²) in [6.45, 7) is 9.39. The van der Waals surface area contributed by atoms with E-state index in [0.717, 1.165) is 18.5 Å². The predicted octanol–water partition coefficient (Wildman–Crippen LogP) is 2.84. The maximum Gasteiger partial charge on any atom is 0.321 e. The zero-order chi connectivity index (χ0) is 18.7. The van der Waals surface area contributed by atoms with Gasteiger partial charge >= 0.3 is 6.03 Å². The van der Waals surface area contributed by atoms with Crippen LogP contribution in [0.2, 0.25) is 0 Å². The number of nitrogens with one attached hydrogen (secondary N) is 1. The van der Waals surface area contributed by atoms with Gasteiger partial charge in [-0.3, -0.25) is 4.79 Å². The van der Waals surface area contributed by atoms with Crippen molar-refractivity contribution in [2.75, 3.05) is 38.1 Å². The second-order valence-electron chi connectivity index (χ2n) is 8.07. The van der Waals surface area contributed by atoms with Crippen LogP contribution in [0.3, 0.4) is 0 Å². The summed E-state index contributed by atoms with van der Waals surface area (Å²) in [5.41, 5.74) is 2.12. The fourth-order valence-electron chi connectivity index (χ4n) is 3.36. The number of amides is 3. The van der Waals surface area contributed by atoms with Crippen molar-refractivity contribution in [3.63, 3.8) is 0 Å². The van der Waals surface area contributed by atoms with E-state index in [1.165, 1.54) is 5.56 Å². The van der Waals surface area contributed by atoms with Crippen molar-refractivity contribution in [3.05, 3.63) is 29.8 Å². The summed E-state index contributed by atoms with van der Waals surface area (Å²) in [4.78, 5) is 28.4. The lowest BCUT2D eigenvalue weighted by Crippen LogP contribution is -2.53. The van der Waals surface area contributed by atoms with Crippen LogP contribution in [0.5, 0.6) is 0 Å². The van der Waals surface area contributed by atoms with Gasteiger partial charge in [0.15, 0.2) is 0 Å². The molecule has 0 bridgehead atoms. The van der Waals surface area contributed by atoms with Crippen molar-refractivity contribution in [2.45, 2.75) is 45.1 Å². The topological polar surface area (TPSA) is 61.9 Å². The first-order valence-electron chi connectivity index (χ1n) is 9.41. The molecule has 142 valence electrons. The van der Waals surface area contributed by atoms with Gasteiger partial charge in [-0.15, -0.1) is 0 Å². The predicted molar refractivity (Wildman–Crippen MR) is 101 cm³/mol. The highest BCUT2D eigenvalue weighted by Gasteiger charge is 2.31. The number of hydrogen-bond acceptors (Lipinski definition) is 3. The first kappa shape index (κ1) is 18.7. The number of carbonyl (C=O) groups is 2. The number of rotatable bonds is 2. The minimum absolute atomic E-state index is 0.0697. The maximum atomic E-state index is 12.5. The Balaban J connectivity index is 1.50. The molecule has 0 radical (unpaired) electrons. The lowest BCUT2D eigenvalue weighted by molar-refractivity contribution is -0.142. The second kappa shape index (κ2) is 7.66. The molecule has 0 spiro atoms. The quantitative estimate of drug-likeness (QED) is 0.883. The summed E-state index contributed by atoms with van der Waals surface area (Å²) in [7, 11) is 0. The number of hydrogen-bond donors (Lipinski definition) is 1. The van der Waals surface area contributed by atoms with E-state index < -0.39 is 0 Å². The van der Waals surface area contributed by atoms with Gasteiger partial charge in [-0.25, -0.2) is 4.79 Å². The van der Waals surface area contributed by atoms with Crippen LogP contribution in [0.4, 0.5) is 10.5 Å². The molecule has 1 atom stereocenters. The van der Waals surface area contributed by atoms with Crippen LogP contribution in [-0.4, -0.2) is 60.6 Å². The van der Waals surface area contributed by atoms with E-state index in [4.69, 9.17) is 4.74 Å². The number of nitrogens with zero attached hydrogens (tertiary/aromatic N) is 2. The smallest absolute Gasteiger partial charge is 0.321 e. The van der Waals surface area contributed by atoms with Crippen molar-refractivity contribution in [2.24, 2.45) is 0 Å². The maximum absolute atomic E-state index is 12.5. The van der Waals surface area contributed by atoms with Crippen LogP contribution in [0.1, 0.15) is 39.2 Å². The Hall–Kier alpha value is -2.08. The number of carbonyl (C=O) groups excluding carboxylic acids is 2. The van der Waals surface area contributed by atoms with E-state index in [1.54, 1.807) is 4.90 Å². The van der Waals surface area contributed by atoms with Crippen molar-refractivity contribution < 1.29 is 14.3 Å². The van der Waals surface area contributed by atoms with Crippen LogP contribution >= 0.6 is 0 Å². The van der Waals surface area contributed by atoms with Crippen LogP contribution in [-0.2, 0) is 14.9 Å². The molecule has 2 saturated heterocycles. The second-order valence-corrected chi connectivity index (χ2v) is 8.07. The lowest BCUT2D eigenvalue weighted by atomic mass is 9.87. The van der Waals surface area contributed by atoms with Gasteiger partial charge in [0.25, 0.3) is 5.91 Å². The van der Waals surface area contributed by atoms with Gasteiger partial charge in [0.05, 0.1) is 0 Å². The summed E-state index contributed by atoms with van der Waals surface area (Å²) < 4.78 is 5.47. The molecule has 1 aromatic carbocycles. The van der Waals surface area contributed by atoms with Gasteiger partial charge in [-0.05, 0) is 36.0 Å². The molecular formula is C20H29N3O3. The highest BCUT2D eigenvalue weighted by atomic mass is 16.5. The average molecular weight is 359 g/mol. The van der Waals surface area contributed by atoms with Crippen LogP contribution < -0.4 is 5.32 Å². The molecule has 0 unspecified atom stereocenters. The summed E-state index contributed by atoms with van der Waals surface area (Å²) >= 11 is 0. The Morgan fingerprint density at radius 1 is 1.04 bits per heavy atom. The number of urea groups is 1. The number of benzene rings is 1. The Bertz CT molecular complexity index is 637. The molecule has 3 rings (SSSR count). The highest BCUT2D eigenvalue weighted by molar-refractivity contribution is 5.89. The largest absolute Gasteiger partial charge is 0.368 e. The zero-order valence-corrected chi connectivity index (χ0v) is 16.0. The van der Waals surface area contributed by atoms with Crippen molar-refractivity contribution >= 4 is 17.6 Å². The minimum Gasteiger partial charge on any atom is -0.368 e. The van der Waals surface area contributed by atoms with E-state index in [1.807, 2.05) is 29.2 Å². The molecule has 0 saturated carbocycles. The van der Waals surface area contributed by atoms with Crippen molar-refractivity contribution in [1.29, 1.82) is 0 Å². The lowest BCUT2D eigenvalue weighted by Gasteiger charge is -2.35. The van der Waals surface area contributed by atoms with Gasteiger partial charge in [0, 0.05) is 38.5 Å². The van der Waals surface area contributed by atoms with Gasteiger partial charge in [0.1, 0.15) is 6.10 Å². The van der Waals surface area contributed by atoms with Crippen LogP contribution in [0.25, 0.3) is 0 Å². The molecule has 1 N–H and O–H groups in total. The van der Waals surface area contributed by atoms with E-state index in [-0.39, 0.29) is 23.5 Å². The van der Waals surface area contributed by atoms with Gasteiger partial charge in [-0.1, -0.05) is 32.9 Å². The minimum atomic E-state index is -0.281. The summed E-state index contributed by atoms with van der Waals surface area (Å²) in [6, 6.07) is 7.87.